The van der Waals surface area contributed by atoms with Gasteiger partial charge in [0.1, 0.15) is 0 Å². The van der Waals surface area contributed by atoms with E-state index in [4.69, 9.17) is 18.9 Å². The Labute approximate surface area is 147 Å². The van der Waals surface area contributed by atoms with Gasteiger partial charge in [-0.05, 0) is 42.3 Å². The van der Waals surface area contributed by atoms with Gasteiger partial charge in [-0.15, -0.1) is 0 Å². The molecular weight excluding hydrogens is 325 g/mol. The number of hydrogen-bond donors (Lipinski definition) is 1. The molecule has 0 aliphatic rings. The van der Waals surface area contributed by atoms with Crippen molar-refractivity contribution in [1.29, 1.82) is 0 Å². The van der Waals surface area contributed by atoms with E-state index in [0.29, 0.717) is 23.8 Å². The Kier molecular flexibility index (Phi) is 6.47. The lowest BCUT2D eigenvalue weighted by Gasteiger charge is -2.17. The minimum absolute atomic E-state index is 0.0421. The highest BCUT2D eigenvalue weighted by atomic mass is 19.1. The predicted octanol–water partition coefficient (Wildman–Crippen LogP) is 3.71. The lowest BCUT2D eigenvalue weighted by atomic mass is 10.1. The summed E-state index contributed by atoms with van der Waals surface area (Å²) in [5.41, 5.74) is 1.81. The van der Waals surface area contributed by atoms with E-state index in [-0.39, 0.29) is 17.6 Å². The van der Waals surface area contributed by atoms with Crippen LogP contribution in [0.3, 0.4) is 0 Å². The molecule has 0 spiro atoms. The second-order valence-corrected chi connectivity index (χ2v) is 5.53. The molecular formula is C19H24FNO4. The highest BCUT2D eigenvalue weighted by Gasteiger charge is 2.14. The Morgan fingerprint density at radius 3 is 1.96 bits per heavy atom. The molecule has 5 nitrogen and oxygen atoms in total. The number of methoxy groups -OCH3 is 4. The van der Waals surface area contributed by atoms with E-state index in [1.54, 1.807) is 27.4 Å². The maximum absolute atomic E-state index is 13.9. The Balaban J connectivity index is 2.13. The van der Waals surface area contributed by atoms with Gasteiger partial charge in [-0.2, -0.15) is 0 Å². The molecule has 1 atom stereocenters. The van der Waals surface area contributed by atoms with Crippen molar-refractivity contribution < 1.29 is 23.3 Å². The number of ether oxygens (including phenoxy) is 4. The maximum Gasteiger partial charge on any atom is 0.203 e. The third kappa shape index (κ3) is 4.33. The average molecular weight is 349 g/mol. The summed E-state index contributed by atoms with van der Waals surface area (Å²) < 4.78 is 34.8. The van der Waals surface area contributed by atoms with Gasteiger partial charge in [0, 0.05) is 12.6 Å². The third-order valence-corrected chi connectivity index (χ3v) is 4.01. The van der Waals surface area contributed by atoms with Crippen LogP contribution in [0.25, 0.3) is 0 Å². The van der Waals surface area contributed by atoms with Crippen LogP contribution in [0.15, 0.2) is 30.3 Å². The summed E-state index contributed by atoms with van der Waals surface area (Å²) in [6, 6.07) is 8.67. The molecule has 0 amide bonds. The standard InChI is InChI=1S/C19H24FNO4/c1-12(14-6-7-16(22-2)15(20)10-14)21-11-13-8-17(23-3)19(25-5)18(9-13)24-4/h6-10,12,21H,11H2,1-5H3/t12-/m1/s1. The molecule has 0 aromatic heterocycles. The SMILES string of the molecule is COc1ccc([C@@H](C)NCc2cc(OC)c(OC)c(OC)c2)cc1F. The Bertz CT molecular complexity index is 696. The molecule has 0 radical (unpaired) electrons. The van der Waals surface area contributed by atoms with E-state index < -0.39 is 0 Å². The van der Waals surface area contributed by atoms with Crippen molar-refractivity contribution in [3.63, 3.8) is 0 Å². The zero-order valence-electron chi connectivity index (χ0n) is 15.2. The normalized spacial score (nSPS) is 11.8. The van der Waals surface area contributed by atoms with E-state index in [2.05, 4.69) is 5.32 Å². The lowest BCUT2D eigenvalue weighted by molar-refractivity contribution is 0.323. The topological polar surface area (TPSA) is 49.0 Å². The second kappa shape index (κ2) is 8.58. The Morgan fingerprint density at radius 1 is 0.880 bits per heavy atom. The van der Waals surface area contributed by atoms with E-state index >= 15 is 0 Å². The van der Waals surface area contributed by atoms with Gasteiger partial charge in [0.15, 0.2) is 23.1 Å². The first kappa shape index (κ1) is 18.9. The maximum atomic E-state index is 13.9. The Morgan fingerprint density at radius 2 is 1.48 bits per heavy atom. The molecule has 0 bridgehead atoms. The van der Waals surface area contributed by atoms with Crippen LogP contribution in [0.2, 0.25) is 0 Å². The monoisotopic (exact) mass is 349 g/mol. The van der Waals surface area contributed by atoms with Gasteiger partial charge in [-0.3, -0.25) is 0 Å². The first-order chi connectivity index (χ1) is 12.0. The highest BCUT2D eigenvalue weighted by Crippen LogP contribution is 2.38. The first-order valence-corrected chi connectivity index (χ1v) is 7.89. The molecule has 0 aliphatic carbocycles. The van der Waals surface area contributed by atoms with Crippen LogP contribution in [0.4, 0.5) is 4.39 Å². The first-order valence-electron chi connectivity index (χ1n) is 7.89. The van der Waals surface area contributed by atoms with Gasteiger partial charge in [-0.1, -0.05) is 6.07 Å². The van der Waals surface area contributed by atoms with Crippen molar-refractivity contribution in [2.75, 3.05) is 28.4 Å². The number of rotatable bonds is 8. The molecule has 0 unspecified atom stereocenters. The van der Waals surface area contributed by atoms with Gasteiger partial charge >= 0.3 is 0 Å². The van der Waals surface area contributed by atoms with Gasteiger partial charge in [0.05, 0.1) is 28.4 Å². The van der Waals surface area contributed by atoms with E-state index in [0.717, 1.165) is 11.1 Å². The van der Waals surface area contributed by atoms with Crippen molar-refractivity contribution >= 4 is 0 Å². The fraction of sp³-hybridized carbons (Fsp3) is 0.368. The minimum Gasteiger partial charge on any atom is -0.494 e. The molecule has 6 heteroatoms. The van der Waals surface area contributed by atoms with E-state index in [9.17, 15) is 4.39 Å². The summed E-state index contributed by atoms with van der Waals surface area (Å²) in [4.78, 5) is 0. The average Bonchev–Trinajstić information content (AvgIpc) is 2.64. The molecule has 0 saturated heterocycles. The number of halogens is 1. The van der Waals surface area contributed by atoms with E-state index in [1.165, 1.54) is 13.2 Å². The molecule has 0 aliphatic heterocycles. The van der Waals surface area contributed by atoms with Crippen molar-refractivity contribution in [2.24, 2.45) is 0 Å². The molecule has 2 aromatic rings. The van der Waals surface area contributed by atoms with Crippen molar-refractivity contribution in [3.8, 4) is 23.0 Å². The zero-order chi connectivity index (χ0) is 18.4. The minimum atomic E-state index is -0.374. The van der Waals surface area contributed by atoms with Gasteiger partial charge < -0.3 is 24.3 Å². The molecule has 2 rings (SSSR count). The molecule has 0 heterocycles. The summed E-state index contributed by atoms with van der Waals surface area (Å²) >= 11 is 0. The predicted molar refractivity (Wildman–Crippen MR) is 94.3 cm³/mol. The van der Waals surface area contributed by atoms with Crippen LogP contribution in [0.5, 0.6) is 23.0 Å². The van der Waals surface area contributed by atoms with Gasteiger partial charge in [0.2, 0.25) is 5.75 Å². The summed E-state index contributed by atoms with van der Waals surface area (Å²) in [6.45, 7) is 2.53. The summed E-state index contributed by atoms with van der Waals surface area (Å²) in [7, 11) is 6.18. The smallest absolute Gasteiger partial charge is 0.203 e. The molecule has 2 aromatic carbocycles. The van der Waals surface area contributed by atoms with Crippen molar-refractivity contribution in [3.05, 3.63) is 47.3 Å². The fourth-order valence-electron chi connectivity index (χ4n) is 2.58. The zero-order valence-corrected chi connectivity index (χ0v) is 15.2. The molecule has 136 valence electrons. The van der Waals surface area contributed by atoms with Crippen molar-refractivity contribution in [1.82, 2.24) is 5.32 Å². The number of benzene rings is 2. The third-order valence-electron chi connectivity index (χ3n) is 4.01. The van der Waals surface area contributed by atoms with Crippen LogP contribution < -0.4 is 24.3 Å². The lowest BCUT2D eigenvalue weighted by Crippen LogP contribution is -2.18. The Hall–Kier alpha value is -2.47. The van der Waals surface area contributed by atoms with E-state index in [1.807, 2.05) is 25.1 Å². The largest absolute Gasteiger partial charge is 0.494 e. The molecule has 0 saturated carbocycles. The molecule has 0 fully saturated rings. The summed E-state index contributed by atoms with van der Waals surface area (Å²) in [5.74, 6) is 1.62. The quantitative estimate of drug-likeness (QED) is 0.787. The van der Waals surface area contributed by atoms with Crippen LogP contribution >= 0.6 is 0 Å². The number of nitrogens with one attached hydrogen (secondary N) is 1. The molecule has 25 heavy (non-hydrogen) atoms. The van der Waals surface area contributed by atoms with Crippen LogP contribution in [-0.4, -0.2) is 28.4 Å². The van der Waals surface area contributed by atoms with Crippen LogP contribution in [0.1, 0.15) is 24.1 Å². The second-order valence-electron chi connectivity index (χ2n) is 5.53. The van der Waals surface area contributed by atoms with Crippen LogP contribution in [-0.2, 0) is 6.54 Å². The highest BCUT2D eigenvalue weighted by molar-refractivity contribution is 5.53. The van der Waals surface area contributed by atoms with Crippen LogP contribution in [0, 0.1) is 5.82 Å². The van der Waals surface area contributed by atoms with Gasteiger partial charge in [0.25, 0.3) is 0 Å². The fourth-order valence-corrected chi connectivity index (χ4v) is 2.58. The van der Waals surface area contributed by atoms with Crippen molar-refractivity contribution in [2.45, 2.75) is 19.5 Å². The summed E-state index contributed by atoms with van der Waals surface area (Å²) in [5, 5.41) is 3.36. The van der Waals surface area contributed by atoms with Gasteiger partial charge in [-0.25, -0.2) is 4.39 Å². The molecule has 1 N–H and O–H groups in total. The number of hydrogen-bond acceptors (Lipinski definition) is 5. The summed E-state index contributed by atoms with van der Waals surface area (Å²) in [6.07, 6.45) is 0.